The second kappa shape index (κ2) is 8.05. The van der Waals surface area contributed by atoms with Gasteiger partial charge in [-0.2, -0.15) is 0 Å². The lowest BCUT2D eigenvalue weighted by Crippen LogP contribution is -2.45. The zero-order valence-corrected chi connectivity index (χ0v) is 15.0. The molecule has 2 rings (SSSR count). The molecule has 5 N–H and O–H groups in total. The number of hydrogen-bond acceptors (Lipinski definition) is 3. The first-order valence-corrected chi connectivity index (χ1v) is 8.49. The lowest BCUT2D eigenvalue weighted by Gasteiger charge is -2.32. The van der Waals surface area contributed by atoms with Crippen molar-refractivity contribution in [2.24, 2.45) is 21.9 Å². The van der Waals surface area contributed by atoms with Crippen LogP contribution in [0.15, 0.2) is 23.2 Å². The van der Waals surface area contributed by atoms with Crippen LogP contribution in [0, 0.1) is 5.41 Å². The number of hydrogen-bond donors (Lipinski definition) is 3. The highest BCUT2D eigenvalue weighted by molar-refractivity contribution is 6.35. The van der Waals surface area contributed by atoms with E-state index in [1.807, 2.05) is 13.0 Å². The van der Waals surface area contributed by atoms with Crippen LogP contribution in [0.25, 0.3) is 0 Å². The average molecular weight is 373 g/mol. The molecule has 132 valence electrons. The molecule has 1 fully saturated rings. The molecule has 1 saturated heterocycles. The first kappa shape index (κ1) is 18.8. The molecule has 1 unspecified atom stereocenters. The summed E-state index contributed by atoms with van der Waals surface area (Å²) in [6.07, 6.45) is 1.11. The molecule has 8 heteroatoms. The Balaban J connectivity index is 2.03. The van der Waals surface area contributed by atoms with Gasteiger partial charge in [-0.25, -0.2) is 0 Å². The minimum atomic E-state index is -0.689. The van der Waals surface area contributed by atoms with Crippen molar-refractivity contribution in [2.75, 3.05) is 19.8 Å². The zero-order chi connectivity index (χ0) is 17.7. The van der Waals surface area contributed by atoms with Gasteiger partial charge in [0.2, 0.25) is 5.91 Å². The summed E-state index contributed by atoms with van der Waals surface area (Å²) in [5.74, 6) is -0.128. The van der Waals surface area contributed by atoms with Crippen molar-refractivity contribution in [2.45, 2.75) is 25.8 Å². The third-order valence-corrected chi connectivity index (χ3v) is 4.88. The van der Waals surface area contributed by atoms with Crippen molar-refractivity contribution in [3.63, 3.8) is 0 Å². The van der Waals surface area contributed by atoms with Gasteiger partial charge in [0.1, 0.15) is 0 Å². The number of guanidine groups is 1. The second-order valence-corrected chi connectivity index (χ2v) is 6.83. The summed E-state index contributed by atoms with van der Waals surface area (Å²) in [5, 5.41) is 4.19. The number of nitrogens with zero attached hydrogens (tertiary/aromatic N) is 1. The maximum Gasteiger partial charge on any atom is 0.225 e. The summed E-state index contributed by atoms with van der Waals surface area (Å²) in [6, 6.07) is 5.11. The molecule has 0 spiro atoms. The van der Waals surface area contributed by atoms with Gasteiger partial charge in [-0.3, -0.25) is 9.79 Å². The van der Waals surface area contributed by atoms with Crippen molar-refractivity contribution >= 4 is 35.1 Å². The number of halogens is 2. The van der Waals surface area contributed by atoms with Crippen LogP contribution in [0.2, 0.25) is 10.0 Å². The lowest BCUT2D eigenvalue weighted by atomic mass is 9.79. The molecule has 1 aromatic rings. The van der Waals surface area contributed by atoms with Crippen LogP contribution in [0.3, 0.4) is 0 Å². The largest absolute Gasteiger partial charge is 0.381 e. The predicted octanol–water partition coefficient (Wildman–Crippen LogP) is 2.24. The summed E-state index contributed by atoms with van der Waals surface area (Å²) in [5.41, 5.74) is 11.7. The van der Waals surface area contributed by atoms with Crippen molar-refractivity contribution in [1.82, 2.24) is 5.32 Å². The monoisotopic (exact) mass is 372 g/mol. The zero-order valence-electron chi connectivity index (χ0n) is 13.5. The summed E-state index contributed by atoms with van der Waals surface area (Å²) in [6.45, 7) is 3.16. The molecular weight excluding hydrogens is 351 g/mol. The molecule has 1 heterocycles. The molecular formula is C16H22Cl2N4O2. The molecule has 1 aliphatic rings. The standard InChI is InChI=1S/C16H22Cl2N4O2/c1-10(12-3-2-11(17)8-13(12)18)22-15(20)21-9-16(14(19)23)4-6-24-7-5-16/h2-3,8,10H,4-7,9H2,1H3,(H2,19,23)(H3,20,21,22). The van der Waals surface area contributed by atoms with Crippen LogP contribution >= 0.6 is 23.2 Å². The summed E-state index contributed by atoms with van der Waals surface area (Å²) in [4.78, 5) is 16.1. The van der Waals surface area contributed by atoms with E-state index in [1.165, 1.54) is 0 Å². The Kier molecular flexibility index (Phi) is 6.32. The fraction of sp³-hybridized carbons (Fsp3) is 0.500. The number of aliphatic imine (C=N–C) groups is 1. The van der Waals surface area contributed by atoms with Gasteiger partial charge >= 0.3 is 0 Å². The van der Waals surface area contributed by atoms with Crippen molar-refractivity contribution < 1.29 is 9.53 Å². The number of ether oxygens (including phenoxy) is 1. The molecule has 0 saturated carbocycles. The first-order valence-electron chi connectivity index (χ1n) is 7.73. The molecule has 0 radical (unpaired) electrons. The third kappa shape index (κ3) is 4.53. The fourth-order valence-electron chi connectivity index (χ4n) is 2.68. The van der Waals surface area contributed by atoms with E-state index in [0.717, 1.165) is 5.56 Å². The molecule has 1 amide bonds. The molecule has 1 aromatic carbocycles. The van der Waals surface area contributed by atoms with Crippen molar-refractivity contribution in [3.8, 4) is 0 Å². The Morgan fingerprint density at radius 2 is 2.04 bits per heavy atom. The van der Waals surface area contributed by atoms with E-state index in [4.69, 9.17) is 39.4 Å². The SMILES string of the molecule is CC(NC(N)=NCC1(C(N)=O)CCOCC1)c1ccc(Cl)cc1Cl. The Morgan fingerprint density at radius 3 is 2.62 bits per heavy atom. The smallest absolute Gasteiger partial charge is 0.225 e. The van der Waals surface area contributed by atoms with Gasteiger partial charge in [0.15, 0.2) is 5.96 Å². The fourth-order valence-corrected chi connectivity index (χ4v) is 3.25. The average Bonchev–Trinajstić information content (AvgIpc) is 2.53. The van der Waals surface area contributed by atoms with E-state index in [1.54, 1.807) is 12.1 Å². The minimum Gasteiger partial charge on any atom is -0.381 e. The number of carbonyl (C=O) groups excluding carboxylic acids is 1. The van der Waals surface area contributed by atoms with E-state index in [0.29, 0.717) is 36.1 Å². The van der Waals surface area contributed by atoms with E-state index in [-0.39, 0.29) is 24.5 Å². The van der Waals surface area contributed by atoms with Crippen LogP contribution in [-0.4, -0.2) is 31.6 Å². The van der Waals surface area contributed by atoms with Gasteiger partial charge in [0.05, 0.1) is 18.0 Å². The number of primary amides is 1. The summed E-state index contributed by atoms with van der Waals surface area (Å²) in [7, 11) is 0. The Bertz CT molecular complexity index is 631. The number of rotatable bonds is 5. The van der Waals surface area contributed by atoms with Crippen LogP contribution in [-0.2, 0) is 9.53 Å². The maximum atomic E-state index is 11.8. The summed E-state index contributed by atoms with van der Waals surface area (Å²) < 4.78 is 5.30. The van der Waals surface area contributed by atoms with Crippen molar-refractivity contribution in [1.29, 1.82) is 0 Å². The molecule has 1 atom stereocenters. The normalized spacial score (nSPS) is 18.9. The Morgan fingerprint density at radius 1 is 1.38 bits per heavy atom. The summed E-state index contributed by atoms with van der Waals surface area (Å²) >= 11 is 12.1. The van der Waals surface area contributed by atoms with Gasteiger partial charge < -0.3 is 21.5 Å². The van der Waals surface area contributed by atoms with Crippen LogP contribution in [0.5, 0.6) is 0 Å². The van der Waals surface area contributed by atoms with E-state index >= 15 is 0 Å². The number of carbonyl (C=O) groups is 1. The highest BCUT2D eigenvalue weighted by atomic mass is 35.5. The first-order chi connectivity index (χ1) is 11.3. The molecule has 6 nitrogen and oxygen atoms in total. The molecule has 0 bridgehead atoms. The number of nitrogens with two attached hydrogens (primary N) is 2. The van der Waals surface area contributed by atoms with Gasteiger partial charge in [-0.1, -0.05) is 29.3 Å². The van der Waals surface area contributed by atoms with E-state index < -0.39 is 5.41 Å². The Hall–Kier alpha value is -1.50. The van der Waals surface area contributed by atoms with Crippen LogP contribution in [0.1, 0.15) is 31.4 Å². The van der Waals surface area contributed by atoms with E-state index in [9.17, 15) is 4.79 Å². The molecule has 24 heavy (non-hydrogen) atoms. The van der Waals surface area contributed by atoms with Gasteiger partial charge in [0, 0.05) is 23.3 Å². The molecule has 0 aliphatic carbocycles. The maximum absolute atomic E-state index is 11.8. The second-order valence-electron chi connectivity index (χ2n) is 5.99. The van der Waals surface area contributed by atoms with Gasteiger partial charge in [0.25, 0.3) is 0 Å². The minimum absolute atomic E-state index is 0.155. The highest BCUT2D eigenvalue weighted by Crippen LogP contribution is 2.30. The van der Waals surface area contributed by atoms with Crippen LogP contribution in [0.4, 0.5) is 0 Å². The number of nitrogens with one attached hydrogen (secondary N) is 1. The van der Waals surface area contributed by atoms with Gasteiger partial charge in [-0.15, -0.1) is 0 Å². The third-order valence-electron chi connectivity index (χ3n) is 4.32. The quantitative estimate of drug-likeness (QED) is 0.544. The van der Waals surface area contributed by atoms with Crippen LogP contribution < -0.4 is 16.8 Å². The highest BCUT2D eigenvalue weighted by Gasteiger charge is 2.38. The molecule has 1 aliphatic heterocycles. The number of amides is 1. The lowest BCUT2D eigenvalue weighted by molar-refractivity contribution is -0.132. The van der Waals surface area contributed by atoms with Crippen molar-refractivity contribution in [3.05, 3.63) is 33.8 Å². The Labute approximate surface area is 151 Å². The molecule has 0 aromatic heterocycles. The number of benzene rings is 1. The van der Waals surface area contributed by atoms with E-state index in [2.05, 4.69) is 10.3 Å². The topological polar surface area (TPSA) is 103 Å². The predicted molar refractivity (Wildman–Crippen MR) is 96.2 cm³/mol. The van der Waals surface area contributed by atoms with Gasteiger partial charge in [-0.05, 0) is 37.5 Å².